The van der Waals surface area contributed by atoms with Gasteiger partial charge in [-0.2, -0.15) is 5.10 Å². The SMILES string of the molecule is COCCC(C)(c1ccnc2c(-c3ccc(Cl)cc3)cnn12)C1OC(C)O1. The number of halogens is 1. The van der Waals surface area contributed by atoms with Crippen molar-refractivity contribution in [1.29, 1.82) is 0 Å². The number of ether oxygens (including phenoxy) is 3. The lowest BCUT2D eigenvalue weighted by Crippen LogP contribution is -2.53. The van der Waals surface area contributed by atoms with Crippen molar-refractivity contribution in [2.24, 2.45) is 0 Å². The average molecular weight is 388 g/mol. The zero-order valence-corrected chi connectivity index (χ0v) is 16.3. The fraction of sp³-hybridized carbons (Fsp3) is 0.400. The summed E-state index contributed by atoms with van der Waals surface area (Å²) in [7, 11) is 1.69. The summed E-state index contributed by atoms with van der Waals surface area (Å²) in [5, 5.41) is 5.32. The van der Waals surface area contributed by atoms with Crippen LogP contribution in [0.2, 0.25) is 5.02 Å². The minimum atomic E-state index is -0.424. The van der Waals surface area contributed by atoms with E-state index in [2.05, 4.69) is 17.0 Å². The van der Waals surface area contributed by atoms with Crippen LogP contribution in [0.3, 0.4) is 0 Å². The van der Waals surface area contributed by atoms with Gasteiger partial charge < -0.3 is 14.2 Å². The summed E-state index contributed by atoms with van der Waals surface area (Å²) in [6.45, 7) is 4.59. The Labute approximate surface area is 163 Å². The van der Waals surface area contributed by atoms with Gasteiger partial charge in [0.25, 0.3) is 0 Å². The molecule has 27 heavy (non-hydrogen) atoms. The molecule has 0 N–H and O–H groups in total. The fourth-order valence-corrected chi connectivity index (χ4v) is 3.62. The molecular formula is C20H22ClN3O3. The lowest BCUT2D eigenvalue weighted by molar-refractivity contribution is -0.397. The number of hydrogen-bond acceptors (Lipinski definition) is 5. The Bertz CT molecular complexity index is 937. The molecule has 4 rings (SSSR count). The van der Waals surface area contributed by atoms with E-state index in [1.54, 1.807) is 13.3 Å². The quantitative estimate of drug-likeness (QED) is 0.638. The first-order valence-corrected chi connectivity index (χ1v) is 9.30. The second-order valence-corrected chi connectivity index (χ2v) is 7.40. The monoisotopic (exact) mass is 387 g/mol. The second kappa shape index (κ2) is 7.20. The molecule has 7 heteroatoms. The molecule has 2 aromatic heterocycles. The Morgan fingerprint density at radius 3 is 2.63 bits per heavy atom. The number of methoxy groups -OCH3 is 1. The highest BCUT2D eigenvalue weighted by molar-refractivity contribution is 6.30. The molecule has 1 aromatic carbocycles. The van der Waals surface area contributed by atoms with Crippen LogP contribution in [-0.2, 0) is 19.6 Å². The van der Waals surface area contributed by atoms with Crippen LogP contribution in [0.15, 0.2) is 42.7 Å². The zero-order chi connectivity index (χ0) is 19.0. The lowest BCUT2D eigenvalue weighted by Gasteiger charge is -2.45. The predicted octanol–water partition coefficient (Wildman–Crippen LogP) is 4.06. The van der Waals surface area contributed by atoms with E-state index in [0.29, 0.717) is 11.6 Å². The largest absolute Gasteiger partial charge is 0.385 e. The number of rotatable bonds is 6. The molecule has 0 amide bonds. The molecule has 1 unspecified atom stereocenters. The molecule has 1 fully saturated rings. The summed E-state index contributed by atoms with van der Waals surface area (Å²) < 4.78 is 18.9. The Morgan fingerprint density at radius 1 is 1.22 bits per heavy atom. The summed E-state index contributed by atoms with van der Waals surface area (Å²) in [4.78, 5) is 4.57. The normalized spacial score (nSPS) is 21.8. The number of hydrogen-bond donors (Lipinski definition) is 0. The van der Waals surface area contributed by atoms with Gasteiger partial charge in [-0.25, -0.2) is 9.50 Å². The van der Waals surface area contributed by atoms with E-state index in [9.17, 15) is 0 Å². The number of aromatic nitrogens is 3. The van der Waals surface area contributed by atoms with E-state index in [1.807, 2.05) is 48.0 Å². The van der Waals surface area contributed by atoms with Gasteiger partial charge in [0, 0.05) is 30.5 Å². The van der Waals surface area contributed by atoms with Gasteiger partial charge in [-0.15, -0.1) is 0 Å². The summed E-state index contributed by atoms with van der Waals surface area (Å²) >= 11 is 6.02. The van der Waals surface area contributed by atoms with Crippen LogP contribution >= 0.6 is 11.6 Å². The molecule has 0 saturated carbocycles. The molecule has 1 saturated heterocycles. The maximum absolute atomic E-state index is 6.02. The molecule has 142 valence electrons. The third kappa shape index (κ3) is 3.23. The van der Waals surface area contributed by atoms with Crippen LogP contribution < -0.4 is 0 Å². The van der Waals surface area contributed by atoms with Crippen molar-refractivity contribution in [2.45, 2.75) is 38.3 Å². The third-order valence-corrected chi connectivity index (χ3v) is 5.37. The van der Waals surface area contributed by atoms with Crippen molar-refractivity contribution in [1.82, 2.24) is 14.6 Å². The van der Waals surface area contributed by atoms with E-state index in [0.717, 1.165) is 28.9 Å². The van der Waals surface area contributed by atoms with Crippen LogP contribution in [0, 0.1) is 0 Å². The van der Waals surface area contributed by atoms with Crippen molar-refractivity contribution in [2.75, 3.05) is 13.7 Å². The van der Waals surface area contributed by atoms with Gasteiger partial charge in [0.15, 0.2) is 18.2 Å². The lowest BCUT2D eigenvalue weighted by atomic mass is 9.81. The van der Waals surface area contributed by atoms with Crippen LogP contribution in [0.4, 0.5) is 0 Å². The van der Waals surface area contributed by atoms with Gasteiger partial charge in [-0.05, 0) is 44.0 Å². The number of fused-ring (bicyclic) bond motifs is 1. The van der Waals surface area contributed by atoms with Gasteiger partial charge in [-0.3, -0.25) is 0 Å². The van der Waals surface area contributed by atoms with E-state index in [4.69, 9.17) is 25.8 Å². The first kappa shape index (κ1) is 18.4. The Morgan fingerprint density at radius 2 is 1.96 bits per heavy atom. The fourth-order valence-electron chi connectivity index (χ4n) is 3.50. The van der Waals surface area contributed by atoms with Gasteiger partial charge >= 0.3 is 0 Å². The van der Waals surface area contributed by atoms with Crippen molar-refractivity contribution in [3.8, 4) is 11.1 Å². The van der Waals surface area contributed by atoms with E-state index in [-0.39, 0.29) is 12.6 Å². The van der Waals surface area contributed by atoms with Crippen LogP contribution in [0.1, 0.15) is 26.0 Å². The smallest absolute Gasteiger partial charge is 0.174 e. The summed E-state index contributed by atoms with van der Waals surface area (Å²) in [5.41, 5.74) is 3.30. The predicted molar refractivity (Wildman–Crippen MR) is 103 cm³/mol. The molecule has 1 atom stereocenters. The van der Waals surface area contributed by atoms with Crippen LogP contribution in [-0.4, -0.2) is 40.9 Å². The van der Waals surface area contributed by atoms with Crippen molar-refractivity contribution in [3.63, 3.8) is 0 Å². The van der Waals surface area contributed by atoms with E-state index >= 15 is 0 Å². The average Bonchev–Trinajstić information content (AvgIpc) is 3.08. The van der Waals surface area contributed by atoms with Gasteiger partial charge in [-0.1, -0.05) is 23.7 Å². The topological polar surface area (TPSA) is 57.9 Å². The highest BCUT2D eigenvalue weighted by Gasteiger charge is 2.46. The summed E-state index contributed by atoms with van der Waals surface area (Å²) in [6.07, 6.45) is 3.82. The van der Waals surface area contributed by atoms with Crippen molar-refractivity contribution in [3.05, 3.63) is 53.4 Å². The van der Waals surface area contributed by atoms with Gasteiger partial charge in [0.05, 0.1) is 17.3 Å². The van der Waals surface area contributed by atoms with Crippen LogP contribution in [0.25, 0.3) is 16.8 Å². The molecular weight excluding hydrogens is 366 g/mol. The van der Waals surface area contributed by atoms with E-state index < -0.39 is 5.41 Å². The highest BCUT2D eigenvalue weighted by Crippen LogP contribution is 2.40. The molecule has 3 aromatic rings. The van der Waals surface area contributed by atoms with Gasteiger partial charge in [0.2, 0.25) is 0 Å². The Balaban J connectivity index is 1.80. The van der Waals surface area contributed by atoms with Gasteiger partial charge in [0.1, 0.15) is 0 Å². The number of nitrogens with zero attached hydrogens (tertiary/aromatic N) is 3. The molecule has 1 aliphatic heterocycles. The molecule has 0 aliphatic carbocycles. The molecule has 0 radical (unpaired) electrons. The Hall–Kier alpha value is -1.99. The minimum absolute atomic E-state index is 0.198. The summed E-state index contributed by atoms with van der Waals surface area (Å²) in [6, 6.07) is 9.64. The maximum atomic E-state index is 6.02. The highest BCUT2D eigenvalue weighted by atomic mass is 35.5. The first-order valence-electron chi connectivity index (χ1n) is 8.92. The molecule has 6 nitrogen and oxygen atoms in total. The Kier molecular flexibility index (Phi) is 4.90. The number of benzene rings is 1. The third-order valence-electron chi connectivity index (χ3n) is 5.12. The van der Waals surface area contributed by atoms with Crippen LogP contribution in [0.5, 0.6) is 0 Å². The van der Waals surface area contributed by atoms with Crippen molar-refractivity contribution >= 4 is 17.2 Å². The first-order chi connectivity index (χ1) is 13.0. The van der Waals surface area contributed by atoms with E-state index in [1.165, 1.54) is 0 Å². The maximum Gasteiger partial charge on any atom is 0.174 e. The summed E-state index contributed by atoms with van der Waals surface area (Å²) in [5.74, 6) is 0. The molecule has 1 aliphatic rings. The molecule has 0 bridgehead atoms. The van der Waals surface area contributed by atoms with Crippen molar-refractivity contribution < 1.29 is 14.2 Å². The minimum Gasteiger partial charge on any atom is -0.385 e. The molecule has 3 heterocycles. The zero-order valence-electron chi connectivity index (χ0n) is 15.6. The standard InChI is InChI=1S/C20H22ClN3O3/c1-13-26-19(27-13)20(2,9-11-25-3)17-8-10-22-18-16(12-23-24(17)18)14-4-6-15(21)7-5-14/h4-8,10,12-13,19H,9,11H2,1-3H3. The molecule has 0 spiro atoms. The second-order valence-electron chi connectivity index (χ2n) is 6.96.